The minimum absolute atomic E-state index is 0.305. The van der Waals surface area contributed by atoms with E-state index in [0.717, 1.165) is 5.52 Å². The summed E-state index contributed by atoms with van der Waals surface area (Å²) >= 11 is 0. The van der Waals surface area contributed by atoms with Crippen LogP contribution in [0.25, 0.3) is 10.9 Å². The van der Waals surface area contributed by atoms with E-state index in [-0.39, 0.29) is 6.61 Å². The van der Waals surface area contributed by atoms with Crippen LogP contribution in [0.15, 0.2) is 42.5 Å². The van der Waals surface area contributed by atoms with Crippen LogP contribution in [0.2, 0.25) is 0 Å². The zero-order chi connectivity index (χ0) is 24.2. The van der Waals surface area contributed by atoms with Gasteiger partial charge in [0.15, 0.2) is 0 Å². The van der Waals surface area contributed by atoms with E-state index in [1.165, 1.54) is 0 Å². The quantitative estimate of drug-likeness (QED) is 0.412. The lowest BCUT2D eigenvalue weighted by atomic mass is 10.1. The second kappa shape index (κ2) is 9.50. The largest absolute Gasteiger partial charge is 0.508 e. The van der Waals surface area contributed by atoms with Gasteiger partial charge in [0.2, 0.25) is 5.91 Å². The molecular formula is C23H25N5O5. The number of fused-ring (bicyclic) bond motifs is 1. The number of nitrogens with zero attached hydrogens (tertiary/aromatic N) is 1. The van der Waals surface area contributed by atoms with Crippen molar-refractivity contribution in [3.63, 3.8) is 0 Å². The fourth-order valence-corrected chi connectivity index (χ4v) is 2.87. The molecule has 0 saturated heterocycles. The highest BCUT2D eigenvalue weighted by Crippen LogP contribution is 2.30. The summed E-state index contributed by atoms with van der Waals surface area (Å²) < 4.78 is 15.7. The monoisotopic (exact) mass is 451 g/mol. The van der Waals surface area contributed by atoms with Crippen molar-refractivity contribution < 1.29 is 23.8 Å². The SMILES string of the molecule is CC(C)(C)OC(=O)OCC(N)C(=O)Nc1ccc(Oc2ccc3[nH]c(N)c(C#N)c3c2)cc1. The minimum Gasteiger partial charge on any atom is -0.457 e. The number of nitrogen functional groups attached to an aromatic ring is 1. The van der Waals surface area contributed by atoms with Crippen molar-refractivity contribution in [2.75, 3.05) is 17.7 Å². The van der Waals surface area contributed by atoms with Crippen LogP contribution in [0.1, 0.15) is 26.3 Å². The molecule has 6 N–H and O–H groups in total. The molecular weight excluding hydrogens is 426 g/mol. The van der Waals surface area contributed by atoms with Gasteiger partial charge in [-0.2, -0.15) is 5.26 Å². The molecule has 0 bridgehead atoms. The summed E-state index contributed by atoms with van der Waals surface area (Å²) in [5.41, 5.74) is 12.5. The van der Waals surface area contributed by atoms with Gasteiger partial charge in [-0.1, -0.05) is 0 Å². The molecule has 33 heavy (non-hydrogen) atoms. The summed E-state index contributed by atoms with van der Waals surface area (Å²) in [6.07, 6.45) is -0.894. The molecule has 3 aromatic rings. The number of aromatic nitrogens is 1. The Bertz CT molecular complexity index is 1200. The summed E-state index contributed by atoms with van der Waals surface area (Å²) in [7, 11) is 0. The molecule has 0 aliphatic rings. The van der Waals surface area contributed by atoms with E-state index in [0.29, 0.717) is 34.0 Å². The zero-order valence-electron chi connectivity index (χ0n) is 18.5. The Morgan fingerprint density at radius 2 is 1.82 bits per heavy atom. The number of nitriles is 1. The smallest absolute Gasteiger partial charge is 0.457 e. The molecule has 0 fully saturated rings. The molecule has 2 aromatic carbocycles. The van der Waals surface area contributed by atoms with Crippen molar-refractivity contribution in [2.24, 2.45) is 5.73 Å². The van der Waals surface area contributed by atoms with E-state index >= 15 is 0 Å². The number of hydrogen-bond donors (Lipinski definition) is 4. The maximum atomic E-state index is 12.2. The summed E-state index contributed by atoms with van der Waals surface area (Å²) in [6, 6.07) is 12.9. The molecule has 0 saturated carbocycles. The van der Waals surface area contributed by atoms with Gasteiger partial charge in [-0.3, -0.25) is 4.79 Å². The van der Waals surface area contributed by atoms with Gasteiger partial charge >= 0.3 is 6.16 Å². The highest BCUT2D eigenvalue weighted by molar-refractivity contribution is 5.95. The second-order valence-corrected chi connectivity index (χ2v) is 8.23. The Hall–Kier alpha value is -4.23. The number of ether oxygens (including phenoxy) is 3. The van der Waals surface area contributed by atoms with Crippen LogP contribution in [0.5, 0.6) is 11.5 Å². The number of carbonyl (C=O) groups is 2. The van der Waals surface area contributed by atoms with Crippen molar-refractivity contribution in [1.82, 2.24) is 4.98 Å². The summed E-state index contributed by atoms with van der Waals surface area (Å²) in [4.78, 5) is 26.7. The van der Waals surface area contributed by atoms with Gasteiger partial charge in [-0.15, -0.1) is 0 Å². The number of benzene rings is 2. The number of H-pyrrole nitrogens is 1. The molecule has 1 unspecified atom stereocenters. The number of rotatable bonds is 6. The molecule has 0 aliphatic carbocycles. The van der Waals surface area contributed by atoms with Gasteiger partial charge in [0, 0.05) is 16.6 Å². The Morgan fingerprint density at radius 3 is 2.45 bits per heavy atom. The molecule has 1 heterocycles. The highest BCUT2D eigenvalue weighted by Gasteiger charge is 2.21. The van der Waals surface area contributed by atoms with Gasteiger partial charge in [-0.25, -0.2) is 4.79 Å². The van der Waals surface area contributed by atoms with Crippen molar-refractivity contribution >= 4 is 34.5 Å². The number of nitrogens with one attached hydrogen (secondary N) is 2. The van der Waals surface area contributed by atoms with Gasteiger partial charge < -0.3 is 36.0 Å². The fraction of sp³-hybridized carbons (Fsp3) is 0.261. The van der Waals surface area contributed by atoms with Crippen molar-refractivity contribution in [2.45, 2.75) is 32.4 Å². The Balaban J connectivity index is 1.57. The summed E-state index contributed by atoms with van der Waals surface area (Å²) in [5, 5.41) is 12.6. The van der Waals surface area contributed by atoms with Crippen molar-refractivity contribution in [3.05, 3.63) is 48.0 Å². The lowest BCUT2D eigenvalue weighted by Gasteiger charge is -2.19. The second-order valence-electron chi connectivity index (χ2n) is 8.23. The number of anilines is 2. The summed E-state index contributed by atoms with van der Waals surface area (Å²) in [5.74, 6) is 0.828. The molecule has 10 heteroatoms. The van der Waals surface area contributed by atoms with Gasteiger partial charge in [0.1, 0.15) is 47.2 Å². The molecule has 1 aromatic heterocycles. The molecule has 3 rings (SSSR count). The first-order chi connectivity index (χ1) is 15.6. The first-order valence-electron chi connectivity index (χ1n) is 10.1. The van der Waals surface area contributed by atoms with Gasteiger partial charge in [0.25, 0.3) is 0 Å². The fourth-order valence-electron chi connectivity index (χ4n) is 2.87. The number of hydrogen-bond acceptors (Lipinski definition) is 8. The van der Waals surface area contributed by atoms with E-state index in [1.54, 1.807) is 63.2 Å². The van der Waals surface area contributed by atoms with Gasteiger partial charge in [0.05, 0.1) is 0 Å². The number of nitrogens with two attached hydrogens (primary N) is 2. The van der Waals surface area contributed by atoms with Crippen LogP contribution >= 0.6 is 0 Å². The van der Waals surface area contributed by atoms with Crippen molar-refractivity contribution in [3.8, 4) is 17.6 Å². The number of aromatic amines is 1. The lowest BCUT2D eigenvalue weighted by molar-refractivity contribution is -0.118. The predicted octanol–water partition coefficient (Wildman–Crippen LogP) is 3.63. The molecule has 1 amide bonds. The molecule has 1 atom stereocenters. The van der Waals surface area contributed by atoms with E-state index in [4.69, 9.17) is 25.7 Å². The molecule has 0 radical (unpaired) electrons. The van der Waals surface area contributed by atoms with E-state index in [9.17, 15) is 14.9 Å². The van der Waals surface area contributed by atoms with Crippen LogP contribution in [-0.2, 0) is 14.3 Å². The average Bonchev–Trinajstić information content (AvgIpc) is 3.06. The predicted molar refractivity (Wildman–Crippen MR) is 123 cm³/mol. The third-order valence-electron chi connectivity index (χ3n) is 4.38. The van der Waals surface area contributed by atoms with Crippen LogP contribution in [0, 0.1) is 11.3 Å². The molecule has 0 aliphatic heterocycles. The van der Waals surface area contributed by atoms with Crippen LogP contribution < -0.4 is 21.5 Å². The Morgan fingerprint density at radius 1 is 1.15 bits per heavy atom. The van der Waals surface area contributed by atoms with E-state index in [2.05, 4.69) is 16.4 Å². The lowest BCUT2D eigenvalue weighted by Crippen LogP contribution is -2.40. The van der Waals surface area contributed by atoms with Crippen molar-refractivity contribution in [1.29, 1.82) is 5.26 Å². The number of carbonyl (C=O) groups excluding carboxylic acids is 2. The topological polar surface area (TPSA) is 165 Å². The first kappa shape index (κ1) is 23.4. The standard InChI is InChI=1S/C23H25N5O5/c1-23(2,3)33-22(30)31-12-18(25)21(29)27-13-4-6-14(7-5-13)32-15-8-9-19-16(10-15)17(11-24)20(26)28-19/h4-10,18,28H,12,25-26H2,1-3H3,(H,27,29). The summed E-state index contributed by atoms with van der Waals surface area (Å²) in [6.45, 7) is 4.78. The highest BCUT2D eigenvalue weighted by atomic mass is 16.7. The van der Waals surface area contributed by atoms with Crippen LogP contribution in [0.3, 0.4) is 0 Å². The normalized spacial score (nSPS) is 12.0. The minimum atomic E-state index is -1.07. The molecule has 0 spiro atoms. The van der Waals surface area contributed by atoms with Gasteiger partial charge in [-0.05, 0) is 63.2 Å². The van der Waals surface area contributed by atoms with Crippen LogP contribution in [-0.4, -0.2) is 35.3 Å². The first-order valence-corrected chi connectivity index (χ1v) is 10.1. The van der Waals surface area contributed by atoms with Crippen LogP contribution in [0.4, 0.5) is 16.3 Å². The Kier molecular flexibility index (Phi) is 6.75. The molecule has 172 valence electrons. The molecule has 10 nitrogen and oxygen atoms in total. The maximum absolute atomic E-state index is 12.2. The third kappa shape index (κ3) is 6.15. The van der Waals surface area contributed by atoms with E-state index < -0.39 is 23.7 Å². The third-order valence-corrected chi connectivity index (χ3v) is 4.38. The zero-order valence-corrected chi connectivity index (χ0v) is 18.5. The van der Waals surface area contributed by atoms with E-state index in [1.807, 2.05) is 0 Å². The number of amides is 1. The maximum Gasteiger partial charge on any atom is 0.508 e. The average molecular weight is 451 g/mol. The Labute approximate surface area is 190 Å².